The first-order valence-electron chi connectivity index (χ1n) is 6.78. The van der Waals surface area contributed by atoms with Crippen molar-refractivity contribution < 1.29 is 0 Å². The summed E-state index contributed by atoms with van der Waals surface area (Å²) in [7, 11) is 2.07. The Morgan fingerprint density at radius 2 is 1.94 bits per heavy atom. The topological polar surface area (TPSA) is 24.9 Å². The van der Waals surface area contributed by atoms with E-state index in [1.807, 2.05) is 11.3 Å². The maximum Gasteiger partial charge on any atom is 0.0933 e. The predicted octanol–water partition coefficient (Wildman–Crippen LogP) is 3.33. The minimum Gasteiger partial charge on any atom is -0.319 e. The molecular weight excluding hydrogens is 228 g/mol. The van der Waals surface area contributed by atoms with Crippen LogP contribution in [0.2, 0.25) is 0 Å². The molecule has 2 nitrogen and oxygen atoms in total. The van der Waals surface area contributed by atoms with Gasteiger partial charge in [-0.3, -0.25) is 0 Å². The van der Waals surface area contributed by atoms with Crippen LogP contribution in [0.4, 0.5) is 0 Å². The highest BCUT2D eigenvalue weighted by molar-refractivity contribution is 7.11. The van der Waals surface area contributed by atoms with Crippen molar-refractivity contribution in [3.05, 3.63) is 15.6 Å². The lowest BCUT2D eigenvalue weighted by Gasteiger charge is -2.31. The lowest BCUT2D eigenvalue weighted by Crippen LogP contribution is -2.29. The molecule has 1 aromatic heterocycles. The highest BCUT2D eigenvalue weighted by atomic mass is 32.1. The molecule has 2 rings (SSSR count). The smallest absolute Gasteiger partial charge is 0.0933 e. The first-order valence-corrected chi connectivity index (χ1v) is 7.60. The van der Waals surface area contributed by atoms with Crippen LogP contribution in [0.3, 0.4) is 0 Å². The lowest BCUT2D eigenvalue weighted by molar-refractivity contribution is 0.232. The van der Waals surface area contributed by atoms with Crippen molar-refractivity contribution in [3.63, 3.8) is 0 Å². The van der Waals surface area contributed by atoms with Crippen LogP contribution < -0.4 is 5.32 Å². The molecule has 1 aromatic rings. The minimum absolute atomic E-state index is 0.848. The minimum atomic E-state index is 0.848. The fraction of sp³-hybridized carbons (Fsp3) is 0.786. The van der Waals surface area contributed by atoms with Crippen molar-refractivity contribution >= 4 is 11.3 Å². The summed E-state index contributed by atoms with van der Waals surface area (Å²) in [4.78, 5) is 6.09. The molecule has 0 spiro atoms. The van der Waals surface area contributed by atoms with Gasteiger partial charge in [0.2, 0.25) is 0 Å². The van der Waals surface area contributed by atoms with E-state index in [0.717, 1.165) is 11.8 Å². The molecule has 1 saturated carbocycles. The van der Waals surface area contributed by atoms with Gasteiger partial charge in [0.1, 0.15) is 0 Å². The third-order valence-electron chi connectivity index (χ3n) is 4.04. The van der Waals surface area contributed by atoms with Crippen molar-refractivity contribution in [3.8, 4) is 0 Å². The summed E-state index contributed by atoms with van der Waals surface area (Å²) in [5.74, 6) is 1.71. The molecule has 1 heterocycles. The Morgan fingerprint density at radius 3 is 2.53 bits per heavy atom. The zero-order chi connectivity index (χ0) is 12.3. The third-order valence-corrected chi connectivity index (χ3v) is 5.14. The number of nitrogens with zero attached hydrogens (tertiary/aromatic N) is 1. The average Bonchev–Trinajstić information content (AvgIpc) is 2.61. The summed E-state index contributed by atoms with van der Waals surface area (Å²) in [6.45, 7) is 5.48. The van der Waals surface area contributed by atoms with Gasteiger partial charge in [-0.05, 0) is 52.1 Å². The lowest BCUT2D eigenvalue weighted by atomic mass is 9.77. The van der Waals surface area contributed by atoms with Crippen molar-refractivity contribution in [1.29, 1.82) is 0 Å². The van der Waals surface area contributed by atoms with Gasteiger partial charge in [0, 0.05) is 11.3 Å². The molecule has 0 radical (unpaired) electrons. The molecule has 1 aliphatic rings. The molecule has 17 heavy (non-hydrogen) atoms. The zero-order valence-electron chi connectivity index (χ0n) is 11.3. The van der Waals surface area contributed by atoms with Crippen LogP contribution in [0.5, 0.6) is 0 Å². The van der Waals surface area contributed by atoms with Gasteiger partial charge in [0.25, 0.3) is 0 Å². The van der Waals surface area contributed by atoms with E-state index in [1.165, 1.54) is 54.2 Å². The molecule has 2 unspecified atom stereocenters. The summed E-state index contributed by atoms with van der Waals surface area (Å²) >= 11 is 1.90. The second-order valence-electron chi connectivity index (χ2n) is 5.32. The summed E-state index contributed by atoms with van der Waals surface area (Å²) in [5.41, 5.74) is 1.23. The molecule has 0 bridgehead atoms. The van der Waals surface area contributed by atoms with E-state index in [-0.39, 0.29) is 0 Å². The Morgan fingerprint density at radius 1 is 1.24 bits per heavy atom. The fourth-order valence-corrected chi connectivity index (χ4v) is 3.96. The van der Waals surface area contributed by atoms with Gasteiger partial charge in [-0.25, -0.2) is 4.98 Å². The quantitative estimate of drug-likeness (QED) is 0.889. The van der Waals surface area contributed by atoms with Crippen LogP contribution in [-0.2, 0) is 6.42 Å². The third kappa shape index (κ3) is 3.29. The summed E-state index contributed by atoms with van der Waals surface area (Å²) in [6.07, 6.45) is 6.82. The van der Waals surface area contributed by atoms with E-state index in [0.29, 0.717) is 0 Å². The molecule has 1 N–H and O–H groups in total. The van der Waals surface area contributed by atoms with Crippen molar-refractivity contribution in [2.45, 2.75) is 46.0 Å². The van der Waals surface area contributed by atoms with Crippen LogP contribution >= 0.6 is 11.3 Å². The highest BCUT2D eigenvalue weighted by Crippen LogP contribution is 2.33. The zero-order valence-corrected chi connectivity index (χ0v) is 12.1. The number of hydrogen-bond acceptors (Lipinski definition) is 3. The highest BCUT2D eigenvalue weighted by Gasteiger charge is 2.25. The Hall–Kier alpha value is -0.410. The van der Waals surface area contributed by atoms with Gasteiger partial charge in [0.05, 0.1) is 10.7 Å². The van der Waals surface area contributed by atoms with E-state index in [1.54, 1.807) is 0 Å². The Kier molecular flexibility index (Phi) is 4.57. The van der Waals surface area contributed by atoms with Gasteiger partial charge >= 0.3 is 0 Å². The molecule has 3 heteroatoms. The summed E-state index contributed by atoms with van der Waals surface area (Å²) in [6, 6.07) is 0. The van der Waals surface area contributed by atoms with Crippen LogP contribution in [0.25, 0.3) is 0 Å². The van der Waals surface area contributed by atoms with Crippen LogP contribution in [0, 0.1) is 25.7 Å². The number of aromatic nitrogens is 1. The van der Waals surface area contributed by atoms with E-state index in [4.69, 9.17) is 4.98 Å². The Labute approximate surface area is 109 Å². The van der Waals surface area contributed by atoms with Crippen molar-refractivity contribution in [2.75, 3.05) is 13.6 Å². The average molecular weight is 252 g/mol. The van der Waals surface area contributed by atoms with Gasteiger partial charge in [-0.15, -0.1) is 11.3 Å². The molecule has 2 atom stereocenters. The van der Waals surface area contributed by atoms with Crippen LogP contribution in [-0.4, -0.2) is 18.6 Å². The number of hydrogen-bond donors (Lipinski definition) is 1. The summed E-state index contributed by atoms with van der Waals surface area (Å²) in [5, 5.41) is 4.71. The fourth-order valence-electron chi connectivity index (χ4n) is 2.93. The molecule has 1 aliphatic carbocycles. The summed E-state index contributed by atoms with van der Waals surface area (Å²) < 4.78 is 0. The van der Waals surface area contributed by atoms with Crippen molar-refractivity contribution in [2.24, 2.45) is 11.8 Å². The molecule has 0 aliphatic heterocycles. The standard InChI is InChI=1S/C14H24N2S/c1-10-11(2)17-14(16-10)8-12-6-4-5-7-13(12)9-15-3/h12-13,15H,4-9H2,1-3H3. The van der Waals surface area contributed by atoms with Crippen LogP contribution in [0.15, 0.2) is 0 Å². The number of thiazole rings is 1. The molecule has 0 saturated heterocycles. The van der Waals surface area contributed by atoms with Crippen molar-refractivity contribution in [1.82, 2.24) is 10.3 Å². The molecule has 1 fully saturated rings. The second kappa shape index (κ2) is 5.96. The molecule has 0 aromatic carbocycles. The number of aryl methyl sites for hydroxylation is 2. The first-order chi connectivity index (χ1) is 8.20. The van der Waals surface area contributed by atoms with Gasteiger partial charge in [0.15, 0.2) is 0 Å². The largest absolute Gasteiger partial charge is 0.319 e. The van der Waals surface area contributed by atoms with E-state index >= 15 is 0 Å². The van der Waals surface area contributed by atoms with E-state index in [9.17, 15) is 0 Å². The predicted molar refractivity (Wildman–Crippen MR) is 74.7 cm³/mol. The first kappa shape index (κ1) is 13.0. The van der Waals surface area contributed by atoms with E-state index in [2.05, 4.69) is 26.2 Å². The molecule has 96 valence electrons. The molecule has 0 amide bonds. The van der Waals surface area contributed by atoms with Gasteiger partial charge < -0.3 is 5.32 Å². The SMILES string of the molecule is CNCC1CCCCC1Cc1nc(C)c(C)s1. The number of rotatable bonds is 4. The maximum atomic E-state index is 4.70. The normalized spacial score (nSPS) is 25.1. The number of nitrogens with one attached hydrogen (secondary N) is 1. The maximum absolute atomic E-state index is 4.70. The Balaban J connectivity index is 2.00. The van der Waals surface area contributed by atoms with Crippen LogP contribution in [0.1, 0.15) is 41.3 Å². The van der Waals surface area contributed by atoms with Gasteiger partial charge in [-0.1, -0.05) is 12.8 Å². The second-order valence-corrected chi connectivity index (χ2v) is 6.60. The van der Waals surface area contributed by atoms with E-state index < -0.39 is 0 Å². The monoisotopic (exact) mass is 252 g/mol. The van der Waals surface area contributed by atoms with Gasteiger partial charge in [-0.2, -0.15) is 0 Å². The molecular formula is C14H24N2S. The Bertz CT molecular complexity index is 338.